The number of nitrogens with two attached hydrogens (primary N) is 1. The first-order chi connectivity index (χ1) is 11.0. The number of ether oxygens (including phenoxy) is 1. The highest BCUT2D eigenvalue weighted by molar-refractivity contribution is 6.04. The van der Waals surface area contributed by atoms with Crippen LogP contribution in [-0.4, -0.2) is 12.5 Å². The molecule has 0 spiro atoms. The van der Waals surface area contributed by atoms with E-state index in [2.05, 4.69) is 19.2 Å². The fourth-order valence-electron chi connectivity index (χ4n) is 2.08. The third-order valence-corrected chi connectivity index (χ3v) is 3.59. The van der Waals surface area contributed by atoms with Gasteiger partial charge < -0.3 is 15.8 Å². The summed E-state index contributed by atoms with van der Waals surface area (Å²) in [5.74, 6) is 1.23. The number of anilines is 2. The Labute approximate surface area is 137 Å². The normalized spacial score (nSPS) is 10.6. The molecular weight excluding hydrogens is 288 g/mol. The summed E-state index contributed by atoms with van der Waals surface area (Å²) in [4.78, 5) is 12.3. The molecule has 0 aliphatic heterocycles. The molecule has 0 aliphatic rings. The van der Waals surface area contributed by atoms with Gasteiger partial charge in [-0.1, -0.05) is 19.9 Å². The summed E-state index contributed by atoms with van der Waals surface area (Å²) in [6.07, 6.45) is 1.01. The zero-order chi connectivity index (χ0) is 16.8. The molecule has 4 nitrogen and oxygen atoms in total. The topological polar surface area (TPSA) is 64.3 Å². The van der Waals surface area contributed by atoms with Crippen molar-refractivity contribution in [2.24, 2.45) is 5.92 Å². The lowest BCUT2D eigenvalue weighted by atomic mass is 10.1. The number of nitrogen functional groups attached to an aromatic ring is 1. The summed E-state index contributed by atoms with van der Waals surface area (Å²) in [5, 5.41) is 2.89. The van der Waals surface area contributed by atoms with E-state index in [-0.39, 0.29) is 5.91 Å². The molecule has 0 atom stereocenters. The number of hydrogen-bond donors (Lipinski definition) is 2. The summed E-state index contributed by atoms with van der Waals surface area (Å²) in [6.45, 7) is 6.94. The number of carbonyl (C=O) groups excluding carboxylic acids is 1. The Morgan fingerprint density at radius 2 is 1.87 bits per heavy atom. The standard InChI is InChI=1S/C19H24N2O2/c1-13(2)10-11-23-17-8-5-15(6-9-17)19(22)21-18-12-16(20)7-4-14(18)3/h4-9,12-13H,10-11,20H2,1-3H3,(H,21,22). The van der Waals surface area contributed by atoms with Gasteiger partial charge in [-0.05, 0) is 61.2 Å². The lowest BCUT2D eigenvalue weighted by Gasteiger charge is -2.11. The van der Waals surface area contributed by atoms with Gasteiger partial charge in [-0.3, -0.25) is 4.79 Å². The molecule has 2 aromatic rings. The van der Waals surface area contributed by atoms with E-state index in [1.807, 2.05) is 31.2 Å². The van der Waals surface area contributed by atoms with Crippen molar-refractivity contribution in [3.63, 3.8) is 0 Å². The summed E-state index contributed by atoms with van der Waals surface area (Å²) < 4.78 is 5.66. The molecule has 0 saturated heterocycles. The molecule has 0 radical (unpaired) electrons. The van der Waals surface area contributed by atoms with Crippen LogP contribution in [0.4, 0.5) is 11.4 Å². The smallest absolute Gasteiger partial charge is 0.255 e. The maximum atomic E-state index is 12.3. The van der Waals surface area contributed by atoms with Crippen molar-refractivity contribution in [2.75, 3.05) is 17.7 Å². The van der Waals surface area contributed by atoms with Crippen molar-refractivity contribution in [1.82, 2.24) is 0 Å². The highest BCUT2D eigenvalue weighted by Crippen LogP contribution is 2.20. The first-order valence-corrected chi connectivity index (χ1v) is 7.86. The summed E-state index contributed by atoms with van der Waals surface area (Å²) in [7, 11) is 0. The predicted octanol–water partition coefficient (Wildman–Crippen LogP) is 4.25. The van der Waals surface area contributed by atoms with Gasteiger partial charge in [0.2, 0.25) is 0 Å². The van der Waals surface area contributed by atoms with Crippen molar-refractivity contribution in [3.8, 4) is 5.75 Å². The summed E-state index contributed by atoms with van der Waals surface area (Å²) in [6, 6.07) is 12.6. The van der Waals surface area contributed by atoms with Gasteiger partial charge >= 0.3 is 0 Å². The minimum absolute atomic E-state index is 0.160. The Morgan fingerprint density at radius 1 is 1.17 bits per heavy atom. The molecule has 2 rings (SSSR count). The van der Waals surface area contributed by atoms with Gasteiger partial charge in [-0.2, -0.15) is 0 Å². The Hall–Kier alpha value is -2.49. The number of hydrogen-bond acceptors (Lipinski definition) is 3. The van der Waals surface area contributed by atoms with Gasteiger partial charge in [0.1, 0.15) is 5.75 Å². The van der Waals surface area contributed by atoms with Gasteiger partial charge in [-0.25, -0.2) is 0 Å². The first-order valence-electron chi connectivity index (χ1n) is 7.86. The molecule has 3 N–H and O–H groups in total. The van der Waals surface area contributed by atoms with E-state index in [1.54, 1.807) is 18.2 Å². The molecule has 0 saturated carbocycles. The Balaban J connectivity index is 1.98. The van der Waals surface area contributed by atoms with E-state index in [0.29, 0.717) is 23.8 Å². The number of nitrogens with one attached hydrogen (secondary N) is 1. The van der Waals surface area contributed by atoms with E-state index in [4.69, 9.17) is 10.5 Å². The third kappa shape index (κ3) is 5.02. The van der Waals surface area contributed by atoms with E-state index in [9.17, 15) is 4.79 Å². The van der Waals surface area contributed by atoms with Gasteiger partial charge in [-0.15, -0.1) is 0 Å². The van der Waals surface area contributed by atoms with E-state index in [1.165, 1.54) is 0 Å². The van der Waals surface area contributed by atoms with Crippen LogP contribution in [0, 0.1) is 12.8 Å². The number of benzene rings is 2. The number of amides is 1. The van der Waals surface area contributed by atoms with Crippen LogP contribution in [0.2, 0.25) is 0 Å². The van der Waals surface area contributed by atoms with Crippen molar-refractivity contribution >= 4 is 17.3 Å². The second-order valence-electron chi connectivity index (χ2n) is 6.08. The average Bonchev–Trinajstić information content (AvgIpc) is 2.51. The van der Waals surface area contributed by atoms with Gasteiger partial charge in [0.15, 0.2) is 0 Å². The number of rotatable bonds is 6. The molecule has 122 valence electrons. The predicted molar refractivity (Wildman–Crippen MR) is 94.9 cm³/mol. The molecule has 1 amide bonds. The SMILES string of the molecule is Cc1ccc(N)cc1NC(=O)c1ccc(OCCC(C)C)cc1. The van der Waals surface area contributed by atoms with E-state index < -0.39 is 0 Å². The van der Waals surface area contributed by atoms with Crippen LogP contribution in [0.15, 0.2) is 42.5 Å². The quantitative estimate of drug-likeness (QED) is 0.784. The lowest BCUT2D eigenvalue weighted by molar-refractivity contribution is 0.102. The van der Waals surface area contributed by atoms with Crippen LogP contribution in [0.1, 0.15) is 36.2 Å². The Bertz CT molecular complexity index is 664. The number of aryl methyl sites for hydroxylation is 1. The Kier molecular flexibility index (Phi) is 5.63. The minimum atomic E-state index is -0.160. The zero-order valence-corrected chi connectivity index (χ0v) is 13.9. The maximum Gasteiger partial charge on any atom is 0.255 e. The third-order valence-electron chi connectivity index (χ3n) is 3.59. The molecule has 2 aromatic carbocycles. The minimum Gasteiger partial charge on any atom is -0.494 e. The van der Waals surface area contributed by atoms with Gasteiger partial charge in [0, 0.05) is 16.9 Å². The van der Waals surface area contributed by atoms with E-state index in [0.717, 1.165) is 23.4 Å². The van der Waals surface area contributed by atoms with Crippen molar-refractivity contribution in [2.45, 2.75) is 27.2 Å². The first kappa shape index (κ1) is 16.9. The summed E-state index contributed by atoms with van der Waals surface area (Å²) in [5.41, 5.74) is 8.67. The number of carbonyl (C=O) groups is 1. The summed E-state index contributed by atoms with van der Waals surface area (Å²) >= 11 is 0. The second-order valence-corrected chi connectivity index (χ2v) is 6.08. The molecule has 0 bridgehead atoms. The monoisotopic (exact) mass is 312 g/mol. The lowest BCUT2D eigenvalue weighted by Crippen LogP contribution is -2.13. The van der Waals surface area contributed by atoms with Gasteiger partial charge in [0.05, 0.1) is 6.61 Å². The molecule has 0 heterocycles. The average molecular weight is 312 g/mol. The van der Waals surface area contributed by atoms with Crippen LogP contribution in [0.25, 0.3) is 0 Å². The molecule has 0 aromatic heterocycles. The molecule has 4 heteroatoms. The highest BCUT2D eigenvalue weighted by Gasteiger charge is 2.08. The second kappa shape index (κ2) is 7.68. The highest BCUT2D eigenvalue weighted by atomic mass is 16.5. The van der Waals surface area contributed by atoms with Crippen molar-refractivity contribution in [3.05, 3.63) is 53.6 Å². The molecule has 23 heavy (non-hydrogen) atoms. The molecule has 0 aliphatic carbocycles. The molecule has 0 unspecified atom stereocenters. The van der Waals surface area contributed by atoms with Crippen LogP contribution in [0.3, 0.4) is 0 Å². The zero-order valence-electron chi connectivity index (χ0n) is 13.9. The van der Waals surface area contributed by atoms with Crippen LogP contribution >= 0.6 is 0 Å². The van der Waals surface area contributed by atoms with Gasteiger partial charge in [0.25, 0.3) is 5.91 Å². The van der Waals surface area contributed by atoms with Crippen LogP contribution < -0.4 is 15.8 Å². The van der Waals surface area contributed by atoms with Crippen molar-refractivity contribution < 1.29 is 9.53 Å². The Morgan fingerprint density at radius 3 is 2.52 bits per heavy atom. The maximum absolute atomic E-state index is 12.3. The van der Waals surface area contributed by atoms with Crippen molar-refractivity contribution in [1.29, 1.82) is 0 Å². The molecular formula is C19H24N2O2. The largest absolute Gasteiger partial charge is 0.494 e. The fourth-order valence-corrected chi connectivity index (χ4v) is 2.08. The van der Waals surface area contributed by atoms with Crippen LogP contribution in [0.5, 0.6) is 5.75 Å². The van der Waals surface area contributed by atoms with E-state index >= 15 is 0 Å². The fraction of sp³-hybridized carbons (Fsp3) is 0.316. The van der Waals surface area contributed by atoms with Crippen LogP contribution in [-0.2, 0) is 0 Å². The molecule has 0 fully saturated rings.